The largest absolute Gasteiger partial charge is 0.390 e. The number of sulfone groups is 1. The van der Waals surface area contributed by atoms with E-state index < -0.39 is 62.5 Å². The van der Waals surface area contributed by atoms with Gasteiger partial charge >= 0.3 is 0 Å². The first-order valence-corrected chi connectivity index (χ1v) is 18.4. The van der Waals surface area contributed by atoms with Crippen molar-refractivity contribution < 1.29 is 31.9 Å². The molecule has 0 unspecified atom stereocenters. The van der Waals surface area contributed by atoms with Crippen LogP contribution < -0.4 is 16.0 Å². The lowest BCUT2D eigenvalue weighted by Crippen LogP contribution is -2.57. The molecule has 0 aliphatic heterocycles. The van der Waals surface area contributed by atoms with Gasteiger partial charge in [-0.15, -0.1) is 0 Å². The molecule has 0 aromatic heterocycles. The summed E-state index contributed by atoms with van der Waals surface area (Å²) in [6.45, 7) is 7.98. The lowest BCUT2D eigenvalue weighted by Gasteiger charge is -2.28. The van der Waals surface area contributed by atoms with Crippen molar-refractivity contribution in [2.75, 3.05) is 12.3 Å². The number of aliphatic hydroxyl groups is 1. The first kappa shape index (κ1) is 38.8. The third-order valence-electron chi connectivity index (χ3n) is 8.39. The van der Waals surface area contributed by atoms with Crippen LogP contribution in [0.5, 0.6) is 0 Å². The van der Waals surface area contributed by atoms with Crippen LogP contribution in [0.3, 0.4) is 0 Å². The van der Waals surface area contributed by atoms with Gasteiger partial charge in [0.2, 0.25) is 5.91 Å². The van der Waals surface area contributed by atoms with E-state index in [9.17, 15) is 31.9 Å². The zero-order chi connectivity index (χ0) is 35.3. The van der Waals surface area contributed by atoms with Gasteiger partial charge in [-0.05, 0) is 73.1 Å². The molecular weight excluding hydrogens is 636 g/mol. The molecule has 0 aliphatic carbocycles. The lowest BCUT2D eigenvalue weighted by molar-refractivity contribution is -0.124. The number of carbonyl (C=O) groups is 2. The van der Waals surface area contributed by atoms with Crippen LogP contribution >= 0.6 is 0 Å². The molecule has 4 N–H and O–H groups in total. The van der Waals surface area contributed by atoms with Crippen LogP contribution in [0.1, 0.15) is 79.1 Å². The number of nitrogens with one attached hydrogen (secondary N) is 3. The van der Waals surface area contributed by atoms with Gasteiger partial charge in [-0.3, -0.25) is 9.59 Å². The molecule has 0 saturated carbocycles. The lowest BCUT2D eigenvalue weighted by atomic mass is 10.00. The average molecular weight is 686 g/mol. The maximum Gasteiger partial charge on any atom is 0.252 e. The summed E-state index contributed by atoms with van der Waals surface area (Å²) in [7, 11) is -3.86. The zero-order valence-electron chi connectivity index (χ0n) is 28.3. The SMILES string of the molecule is CCCC(CCC)S(=O)(=O)C[C@@H](NC(=O)c1ccccc1C)C(=O)N[C@@H](Cc1cc(F)cc(F)c1)[C@H](O)CNCc1cccc(CC)c1. The molecule has 0 radical (unpaired) electrons. The van der Waals surface area contributed by atoms with Crippen molar-refractivity contribution in [3.05, 3.63) is 106 Å². The molecular formula is C37H49F2N3O5S. The van der Waals surface area contributed by atoms with Gasteiger partial charge in [0, 0.05) is 24.7 Å². The summed E-state index contributed by atoms with van der Waals surface area (Å²) in [5.41, 5.74) is 3.26. The summed E-state index contributed by atoms with van der Waals surface area (Å²) in [5, 5.41) is 19.1. The summed E-state index contributed by atoms with van der Waals surface area (Å²) >= 11 is 0. The van der Waals surface area contributed by atoms with E-state index in [1.807, 2.05) is 38.1 Å². The number of carbonyl (C=O) groups excluding carboxylic acids is 2. The first-order chi connectivity index (χ1) is 22.9. The van der Waals surface area contributed by atoms with E-state index >= 15 is 0 Å². The molecule has 11 heteroatoms. The minimum atomic E-state index is -3.86. The summed E-state index contributed by atoms with van der Waals surface area (Å²) in [6, 6.07) is 15.1. The second-order valence-corrected chi connectivity index (χ2v) is 14.7. The molecule has 262 valence electrons. The standard InChI is InChI=1S/C37H49F2N3O5S/c1-5-11-31(12-6-2)48(46,47)24-34(42-36(44)32-16-9-8-13-25(32)4)37(45)41-33(20-28-18-29(38)21-30(39)19-28)35(43)23-40-22-27-15-10-14-26(7-3)17-27/h8-10,13-19,21,31,33-35,40,43H,5-7,11-12,20,22-24H2,1-4H3,(H,41,45)(H,42,44)/t33-,34+,35+/m0/s1. The molecule has 0 aliphatic rings. The summed E-state index contributed by atoms with van der Waals surface area (Å²) < 4.78 is 55.5. The maximum atomic E-state index is 14.1. The monoisotopic (exact) mass is 685 g/mol. The number of halogens is 2. The molecule has 8 nitrogen and oxygen atoms in total. The average Bonchev–Trinajstić information content (AvgIpc) is 3.03. The van der Waals surface area contributed by atoms with Crippen LogP contribution in [0.4, 0.5) is 8.78 Å². The number of hydrogen-bond donors (Lipinski definition) is 4. The van der Waals surface area contributed by atoms with Crippen molar-refractivity contribution in [1.82, 2.24) is 16.0 Å². The number of hydrogen-bond acceptors (Lipinski definition) is 6. The Morgan fingerprint density at radius 1 is 0.833 bits per heavy atom. The highest BCUT2D eigenvalue weighted by atomic mass is 32.2. The summed E-state index contributed by atoms with van der Waals surface area (Å²) in [6.07, 6.45) is 1.55. The highest BCUT2D eigenvalue weighted by Gasteiger charge is 2.34. The minimum Gasteiger partial charge on any atom is -0.390 e. The van der Waals surface area contributed by atoms with Gasteiger partial charge in [-0.2, -0.15) is 0 Å². The smallest absolute Gasteiger partial charge is 0.252 e. The second-order valence-electron chi connectivity index (χ2n) is 12.3. The molecule has 2 amide bonds. The number of amides is 2. The van der Waals surface area contributed by atoms with E-state index in [2.05, 4.69) is 22.9 Å². The van der Waals surface area contributed by atoms with Gasteiger partial charge in [-0.1, -0.05) is 76.1 Å². The van der Waals surface area contributed by atoms with Crippen molar-refractivity contribution in [2.24, 2.45) is 0 Å². The quantitative estimate of drug-likeness (QED) is 0.138. The highest BCUT2D eigenvalue weighted by molar-refractivity contribution is 7.92. The fourth-order valence-electron chi connectivity index (χ4n) is 5.78. The van der Waals surface area contributed by atoms with Gasteiger partial charge in [0.25, 0.3) is 5.91 Å². The Morgan fingerprint density at radius 3 is 2.10 bits per heavy atom. The van der Waals surface area contributed by atoms with E-state index in [0.29, 0.717) is 37.8 Å². The fraction of sp³-hybridized carbons (Fsp3) is 0.459. The van der Waals surface area contributed by atoms with Crippen LogP contribution in [0.25, 0.3) is 0 Å². The third kappa shape index (κ3) is 11.8. The van der Waals surface area contributed by atoms with Crippen molar-refractivity contribution in [2.45, 2.75) is 96.2 Å². The molecule has 3 aromatic carbocycles. The highest BCUT2D eigenvalue weighted by Crippen LogP contribution is 2.18. The summed E-state index contributed by atoms with van der Waals surface area (Å²) in [5.74, 6) is -3.73. The molecule has 3 atom stereocenters. The number of aliphatic hydroxyl groups excluding tert-OH is 1. The fourth-order valence-corrected chi connectivity index (χ4v) is 7.94. The van der Waals surface area contributed by atoms with Crippen molar-refractivity contribution in [1.29, 1.82) is 0 Å². The molecule has 3 aromatic rings. The predicted octanol–water partition coefficient (Wildman–Crippen LogP) is 5.20. The second kappa shape index (κ2) is 18.8. The van der Waals surface area contributed by atoms with E-state index in [0.717, 1.165) is 35.7 Å². The first-order valence-electron chi connectivity index (χ1n) is 16.7. The minimum absolute atomic E-state index is 0.00665. The van der Waals surface area contributed by atoms with Gasteiger partial charge in [0.05, 0.1) is 23.1 Å². The van der Waals surface area contributed by atoms with Crippen LogP contribution in [0, 0.1) is 18.6 Å². The Labute approximate surface area is 283 Å². The van der Waals surface area contributed by atoms with Crippen LogP contribution in [-0.2, 0) is 34.0 Å². The topological polar surface area (TPSA) is 125 Å². The summed E-state index contributed by atoms with van der Waals surface area (Å²) in [4.78, 5) is 27.3. The molecule has 0 heterocycles. The maximum absolute atomic E-state index is 14.1. The van der Waals surface area contributed by atoms with Crippen molar-refractivity contribution in [3.8, 4) is 0 Å². The number of rotatable bonds is 19. The van der Waals surface area contributed by atoms with Gasteiger partial charge in [-0.25, -0.2) is 17.2 Å². The molecule has 3 rings (SSSR count). The molecule has 0 spiro atoms. The van der Waals surface area contributed by atoms with Gasteiger partial charge in [0.15, 0.2) is 9.84 Å². The number of aryl methyl sites for hydroxylation is 2. The van der Waals surface area contributed by atoms with E-state index in [1.165, 1.54) is 0 Å². The Morgan fingerprint density at radius 2 is 1.48 bits per heavy atom. The van der Waals surface area contributed by atoms with E-state index in [1.54, 1.807) is 31.2 Å². The van der Waals surface area contributed by atoms with E-state index in [4.69, 9.17) is 0 Å². The predicted molar refractivity (Wildman–Crippen MR) is 185 cm³/mol. The molecule has 0 bridgehead atoms. The molecule has 0 saturated heterocycles. The van der Waals surface area contributed by atoms with Crippen molar-refractivity contribution in [3.63, 3.8) is 0 Å². The molecule has 48 heavy (non-hydrogen) atoms. The van der Waals surface area contributed by atoms with Crippen molar-refractivity contribution >= 4 is 21.7 Å². The number of benzene rings is 3. The Balaban J connectivity index is 1.90. The van der Waals surface area contributed by atoms with Gasteiger partial charge in [0.1, 0.15) is 17.7 Å². The van der Waals surface area contributed by atoms with Crippen LogP contribution in [-0.4, -0.2) is 61.1 Å². The van der Waals surface area contributed by atoms with Crippen LogP contribution in [0.15, 0.2) is 66.7 Å². The van der Waals surface area contributed by atoms with E-state index in [-0.39, 0.29) is 24.1 Å². The zero-order valence-corrected chi connectivity index (χ0v) is 29.1. The van der Waals surface area contributed by atoms with Gasteiger partial charge < -0.3 is 21.1 Å². The third-order valence-corrected chi connectivity index (χ3v) is 10.7. The molecule has 0 fully saturated rings. The van der Waals surface area contributed by atoms with Crippen LogP contribution in [0.2, 0.25) is 0 Å². The normalized spacial score (nSPS) is 13.6. The Kier molecular flexibility index (Phi) is 15.2. The Hall–Kier alpha value is -3.67. The Bertz CT molecular complexity index is 1590.